The smallest absolute Gasteiger partial charge is 0.226 e. The number of ether oxygens (including phenoxy) is 1. The van der Waals surface area contributed by atoms with E-state index in [9.17, 15) is 10.2 Å². The lowest BCUT2D eigenvalue weighted by molar-refractivity contribution is -0.0244. The minimum atomic E-state index is -0.733. The lowest BCUT2D eigenvalue weighted by atomic mass is 10.1. The van der Waals surface area contributed by atoms with Gasteiger partial charge in [0.05, 0.1) is 12.7 Å². The number of fused-ring (bicyclic) bond motifs is 1. The van der Waals surface area contributed by atoms with Crippen LogP contribution in [0.25, 0.3) is 11.2 Å². The standard InChI is InChI=1S/C17H18ClN5O3/c18-17-22-15(19-7-9-4-2-1-3-5-9)13-16(23-17)21-14(20-13)11-6-10(25)12(8-24)26-11/h1-5,10-12,24-25H,6-8H2,(H2,19,20,21,22,23)/t10-,11+,12+/m0/s1. The van der Waals surface area contributed by atoms with Gasteiger partial charge < -0.3 is 25.3 Å². The van der Waals surface area contributed by atoms with E-state index in [-0.39, 0.29) is 11.9 Å². The summed E-state index contributed by atoms with van der Waals surface area (Å²) in [5.41, 5.74) is 2.13. The number of aliphatic hydroxyl groups is 2. The van der Waals surface area contributed by atoms with E-state index in [1.165, 1.54) is 0 Å². The van der Waals surface area contributed by atoms with Crippen LogP contribution in [0.1, 0.15) is 23.9 Å². The van der Waals surface area contributed by atoms with Crippen molar-refractivity contribution in [3.8, 4) is 0 Å². The Balaban J connectivity index is 1.61. The van der Waals surface area contributed by atoms with Crippen LogP contribution < -0.4 is 5.32 Å². The number of benzene rings is 1. The molecule has 9 heteroatoms. The van der Waals surface area contributed by atoms with Crippen LogP contribution in [-0.2, 0) is 11.3 Å². The number of halogens is 1. The zero-order chi connectivity index (χ0) is 18.1. The zero-order valence-corrected chi connectivity index (χ0v) is 14.5. The molecule has 3 heterocycles. The molecule has 1 fully saturated rings. The van der Waals surface area contributed by atoms with E-state index in [4.69, 9.17) is 16.3 Å². The quantitative estimate of drug-likeness (QED) is 0.502. The third kappa shape index (κ3) is 3.36. The highest BCUT2D eigenvalue weighted by Gasteiger charge is 2.36. The summed E-state index contributed by atoms with van der Waals surface area (Å²) >= 11 is 6.02. The van der Waals surface area contributed by atoms with Gasteiger partial charge in [0.1, 0.15) is 23.5 Å². The van der Waals surface area contributed by atoms with Gasteiger partial charge in [-0.2, -0.15) is 9.97 Å². The lowest BCUT2D eigenvalue weighted by Gasteiger charge is -2.10. The molecule has 0 unspecified atom stereocenters. The topological polar surface area (TPSA) is 116 Å². The second kappa shape index (κ2) is 7.16. The van der Waals surface area contributed by atoms with Crippen LogP contribution in [-0.4, -0.2) is 49.0 Å². The summed E-state index contributed by atoms with van der Waals surface area (Å²) in [4.78, 5) is 16.0. The molecular weight excluding hydrogens is 358 g/mol. The predicted molar refractivity (Wildman–Crippen MR) is 95.8 cm³/mol. The van der Waals surface area contributed by atoms with Crippen molar-refractivity contribution in [2.24, 2.45) is 0 Å². The van der Waals surface area contributed by atoms with Gasteiger partial charge in [0.2, 0.25) is 5.28 Å². The van der Waals surface area contributed by atoms with Gasteiger partial charge in [0.25, 0.3) is 0 Å². The van der Waals surface area contributed by atoms with Crippen molar-refractivity contribution in [3.63, 3.8) is 0 Å². The van der Waals surface area contributed by atoms with Gasteiger partial charge in [0.15, 0.2) is 11.5 Å². The van der Waals surface area contributed by atoms with Crippen LogP contribution >= 0.6 is 11.6 Å². The summed E-state index contributed by atoms with van der Waals surface area (Å²) in [6.45, 7) is 0.330. The molecule has 2 aromatic heterocycles. The fourth-order valence-electron chi connectivity index (χ4n) is 3.02. The molecule has 0 saturated carbocycles. The molecule has 3 aromatic rings. The van der Waals surface area contributed by atoms with E-state index >= 15 is 0 Å². The largest absolute Gasteiger partial charge is 0.394 e. The minimum absolute atomic E-state index is 0.0896. The maximum Gasteiger partial charge on any atom is 0.226 e. The van der Waals surface area contributed by atoms with Gasteiger partial charge in [-0.1, -0.05) is 30.3 Å². The first-order valence-corrected chi connectivity index (χ1v) is 8.67. The predicted octanol–water partition coefficient (Wildman–Crippen LogP) is 1.80. The van der Waals surface area contributed by atoms with E-state index < -0.39 is 18.3 Å². The van der Waals surface area contributed by atoms with E-state index in [0.717, 1.165) is 5.56 Å². The van der Waals surface area contributed by atoms with E-state index in [1.54, 1.807) is 0 Å². The molecule has 4 rings (SSSR count). The zero-order valence-electron chi connectivity index (χ0n) is 13.8. The van der Waals surface area contributed by atoms with Crippen molar-refractivity contribution in [3.05, 3.63) is 47.0 Å². The summed E-state index contributed by atoms with van der Waals surface area (Å²) in [6.07, 6.45) is -1.45. The number of hydrogen-bond donors (Lipinski definition) is 4. The van der Waals surface area contributed by atoms with Gasteiger partial charge in [-0.05, 0) is 17.2 Å². The maximum atomic E-state index is 9.92. The number of aliphatic hydroxyl groups excluding tert-OH is 2. The van der Waals surface area contributed by atoms with Crippen LogP contribution in [0.3, 0.4) is 0 Å². The number of aromatic amines is 1. The normalized spacial score (nSPS) is 22.8. The number of hydrogen-bond acceptors (Lipinski definition) is 7. The first-order valence-electron chi connectivity index (χ1n) is 8.29. The van der Waals surface area contributed by atoms with E-state index in [2.05, 4.69) is 25.3 Å². The fourth-order valence-corrected chi connectivity index (χ4v) is 3.18. The van der Waals surface area contributed by atoms with Crippen molar-refractivity contribution in [2.75, 3.05) is 11.9 Å². The van der Waals surface area contributed by atoms with Crippen molar-refractivity contribution in [2.45, 2.75) is 31.3 Å². The van der Waals surface area contributed by atoms with Crippen LogP contribution in [0.15, 0.2) is 30.3 Å². The van der Waals surface area contributed by atoms with Crippen molar-refractivity contribution >= 4 is 28.6 Å². The molecule has 4 N–H and O–H groups in total. The molecule has 0 radical (unpaired) electrons. The third-order valence-corrected chi connectivity index (χ3v) is 4.52. The van der Waals surface area contributed by atoms with Crippen LogP contribution in [0.4, 0.5) is 5.82 Å². The molecule has 1 aliphatic heterocycles. The molecule has 3 atom stereocenters. The van der Waals surface area contributed by atoms with Gasteiger partial charge in [-0.25, -0.2) is 4.98 Å². The average molecular weight is 376 g/mol. The number of imidazole rings is 1. The molecule has 1 saturated heterocycles. The molecule has 136 valence electrons. The Hall–Kier alpha value is -2.26. The lowest BCUT2D eigenvalue weighted by Crippen LogP contribution is -2.24. The number of rotatable bonds is 5. The molecule has 26 heavy (non-hydrogen) atoms. The highest BCUT2D eigenvalue weighted by molar-refractivity contribution is 6.28. The van der Waals surface area contributed by atoms with Crippen molar-refractivity contribution < 1.29 is 14.9 Å². The number of H-pyrrole nitrogens is 1. The summed E-state index contributed by atoms with van der Waals surface area (Å²) < 4.78 is 5.64. The summed E-state index contributed by atoms with van der Waals surface area (Å²) in [5, 5.41) is 22.5. The molecular formula is C17H18ClN5O3. The highest BCUT2D eigenvalue weighted by Crippen LogP contribution is 2.33. The monoisotopic (exact) mass is 375 g/mol. The molecule has 0 aliphatic carbocycles. The van der Waals surface area contributed by atoms with Gasteiger partial charge in [-0.3, -0.25) is 0 Å². The third-order valence-electron chi connectivity index (χ3n) is 4.35. The Kier molecular flexibility index (Phi) is 4.73. The second-order valence-corrected chi connectivity index (χ2v) is 6.49. The Morgan fingerprint density at radius 3 is 2.77 bits per heavy atom. The Labute approximate surface area is 154 Å². The van der Waals surface area contributed by atoms with Crippen LogP contribution in [0.5, 0.6) is 0 Å². The fraction of sp³-hybridized carbons (Fsp3) is 0.353. The first kappa shape index (κ1) is 17.2. The van der Waals surface area contributed by atoms with E-state index in [0.29, 0.717) is 35.8 Å². The molecule has 0 spiro atoms. The van der Waals surface area contributed by atoms with E-state index in [1.807, 2.05) is 30.3 Å². The molecule has 0 amide bonds. The Morgan fingerprint density at radius 1 is 1.23 bits per heavy atom. The SMILES string of the molecule is OC[C@H]1O[C@@H](c2nc3nc(Cl)nc(NCc4ccccc4)c3[nH]2)C[C@@H]1O. The number of anilines is 1. The Bertz CT molecular complexity index is 904. The maximum absolute atomic E-state index is 9.92. The van der Waals surface area contributed by atoms with Gasteiger partial charge in [0, 0.05) is 13.0 Å². The molecule has 1 aromatic carbocycles. The second-order valence-electron chi connectivity index (χ2n) is 6.15. The first-order chi connectivity index (χ1) is 12.6. The Morgan fingerprint density at radius 2 is 2.04 bits per heavy atom. The summed E-state index contributed by atoms with van der Waals surface area (Å²) in [5.74, 6) is 1.06. The summed E-state index contributed by atoms with van der Waals surface area (Å²) in [7, 11) is 0. The highest BCUT2D eigenvalue weighted by atomic mass is 35.5. The summed E-state index contributed by atoms with van der Waals surface area (Å²) in [6, 6.07) is 9.91. The minimum Gasteiger partial charge on any atom is -0.394 e. The molecule has 1 aliphatic rings. The van der Waals surface area contributed by atoms with Crippen LogP contribution in [0.2, 0.25) is 5.28 Å². The van der Waals surface area contributed by atoms with Crippen molar-refractivity contribution in [1.29, 1.82) is 0 Å². The number of nitrogens with one attached hydrogen (secondary N) is 2. The van der Waals surface area contributed by atoms with Gasteiger partial charge >= 0.3 is 0 Å². The molecule has 0 bridgehead atoms. The van der Waals surface area contributed by atoms with Crippen molar-refractivity contribution in [1.82, 2.24) is 19.9 Å². The van der Waals surface area contributed by atoms with Gasteiger partial charge in [-0.15, -0.1) is 0 Å². The average Bonchev–Trinajstić information content (AvgIpc) is 3.23. The number of nitrogens with zero attached hydrogens (tertiary/aromatic N) is 3. The number of aromatic nitrogens is 4. The van der Waals surface area contributed by atoms with Crippen LogP contribution in [0, 0.1) is 0 Å². The molecule has 8 nitrogen and oxygen atoms in total.